The Labute approximate surface area is 163 Å². The number of amides is 3. The highest BCUT2D eigenvalue weighted by Gasteiger charge is 2.23. The number of hydrogen-bond acceptors (Lipinski definition) is 4. The molecule has 28 heavy (non-hydrogen) atoms. The lowest BCUT2D eigenvalue weighted by molar-refractivity contribution is -0.130. The SMILES string of the molecule is COc1ccc(NC(=O)c2cccc(C(=O)N3CCN(C(C)=O)CC3)c2)cc1. The average Bonchev–Trinajstić information content (AvgIpc) is 2.74. The van der Waals surface area contributed by atoms with Gasteiger partial charge in [0.25, 0.3) is 11.8 Å². The molecular weight excluding hydrogens is 358 g/mol. The van der Waals surface area contributed by atoms with Gasteiger partial charge in [-0.3, -0.25) is 14.4 Å². The van der Waals surface area contributed by atoms with Crippen molar-refractivity contribution in [2.24, 2.45) is 0 Å². The second kappa shape index (κ2) is 8.56. The molecule has 1 N–H and O–H groups in total. The molecule has 0 saturated carbocycles. The van der Waals surface area contributed by atoms with Crippen molar-refractivity contribution in [2.75, 3.05) is 38.6 Å². The number of nitrogens with one attached hydrogen (secondary N) is 1. The van der Waals surface area contributed by atoms with Gasteiger partial charge in [-0.05, 0) is 42.5 Å². The number of piperazine rings is 1. The van der Waals surface area contributed by atoms with Crippen molar-refractivity contribution in [2.45, 2.75) is 6.92 Å². The van der Waals surface area contributed by atoms with E-state index in [-0.39, 0.29) is 17.7 Å². The minimum atomic E-state index is -0.291. The summed E-state index contributed by atoms with van der Waals surface area (Å²) in [6, 6.07) is 13.7. The highest BCUT2D eigenvalue weighted by atomic mass is 16.5. The third kappa shape index (κ3) is 4.49. The van der Waals surface area contributed by atoms with Gasteiger partial charge in [0.05, 0.1) is 7.11 Å². The zero-order chi connectivity index (χ0) is 20.1. The molecule has 0 aliphatic carbocycles. The standard InChI is InChI=1S/C21H23N3O4/c1-15(25)23-10-12-24(13-11-23)21(27)17-5-3-4-16(14-17)20(26)22-18-6-8-19(28-2)9-7-18/h3-9,14H,10-13H2,1-2H3,(H,22,26). The van der Waals surface area contributed by atoms with Crippen LogP contribution in [0.3, 0.4) is 0 Å². The number of methoxy groups -OCH3 is 1. The van der Waals surface area contributed by atoms with E-state index < -0.39 is 0 Å². The Balaban J connectivity index is 1.66. The van der Waals surface area contributed by atoms with Gasteiger partial charge in [-0.1, -0.05) is 6.07 Å². The topological polar surface area (TPSA) is 79.0 Å². The van der Waals surface area contributed by atoms with Crippen LogP contribution in [-0.2, 0) is 4.79 Å². The summed E-state index contributed by atoms with van der Waals surface area (Å²) >= 11 is 0. The number of anilines is 1. The molecule has 0 unspecified atom stereocenters. The third-order valence-corrected chi connectivity index (χ3v) is 4.73. The summed E-state index contributed by atoms with van der Waals surface area (Å²) in [5, 5.41) is 2.81. The van der Waals surface area contributed by atoms with Crippen molar-refractivity contribution in [3.8, 4) is 5.75 Å². The van der Waals surface area contributed by atoms with Crippen molar-refractivity contribution in [1.29, 1.82) is 0 Å². The quantitative estimate of drug-likeness (QED) is 0.881. The van der Waals surface area contributed by atoms with Crippen LogP contribution in [0.5, 0.6) is 5.75 Å². The number of carbonyl (C=O) groups is 3. The van der Waals surface area contributed by atoms with Crippen LogP contribution >= 0.6 is 0 Å². The molecule has 3 amide bonds. The molecule has 2 aromatic rings. The number of rotatable bonds is 4. The van der Waals surface area contributed by atoms with Crippen LogP contribution in [0.2, 0.25) is 0 Å². The first-order chi connectivity index (χ1) is 13.5. The molecule has 1 heterocycles. The Morgan fingerprint density at radius 3 is 2.11 bits per heavy atom. The maximum atomic E-state index is 12.8. The summed E-state index contributed by atoms with van der Waals surface area (Å²) in [6.07, 6.45) is 0. The summed E-state index contributed by atoms with van der Waals surface area (Å²) in [5.74, 6) is 0.295. The maximum Gasteiger partial charge on any atom is 0.255 e. The number of ether oxygens (including phenoxy) is 1. The highest BCUT2D eigenvalue weighted by Crippen LogP contribution is 2.17. The molecule has 0 bridgehead atoms. The van der Waals surface area contributed by atoms with E-state index in [9.17, 15) is 14.4 Å². The molecule has 3 rings (SSSR count). The predicted octanol–water partition coefficient (Wildman–Crippen LogP) is 2.25. The van der Waals surface area contributed by atoms with E-state index in [4.69, 9.17) is 4.74 Å². The smallest absolute Gasteiger partial charge is 0.255 e. The van der Waals surface area contributed by atoms with Gasteiger partial charge >= 0.3 is 0 Å². The van der Waals surface area contributed by atoms with E-state index in [2.05, 4.69) is 5.32 Å². The maximum absolute atomic E-state index is 12.8. The lowest BCUT2D eigenvalue weighted by atomic mass is 10.1. The van der Waals surface area contributed by atoms with E-state index in [0.29, 0.717) is 48.7 Å². The van der Waals surface area contributed by atoms with E-state index in [1.54, 1.807) is 65.4 Å². The molecule has 0 radical (unpaired) electrons. The van der Waals surface area contributed by atoms with E-state index in [0.717, 1.165) is 0 Å². The van der Waals surface area contributed by atoms with Crippen molar-refractivity contribution < 1.29 is 19.1 Å². The Hall–Kier alpha value is -3.35. The van der Waals surface area contributed by atoms with Crippen LogP contribution in [0.1, 0.15) is 27.6 Å². The first kappa shape index (κ1) is 19.4. The molecule has 1 saturated heterocycles. The van der Waals surface area contributed by atoms with Gasteiger partial charge in [0.15, 0.2) is 0 Å². The van der Waals surface area contributed by atoms with E-state index in [1.807, 2.05) is 0 Å². The predicted molar refractivity (Wildman–Crippen MR) is 106 cm³/mol. The Bertz CT molecular complexity index is 871. The molecule has 1 fully saturated rings. The molecule has 1 aliphatic rings. The molecule has 0 atom stereocenters. The van der Waals surface area contributed by atoms with Crippen LogP contribution < -0.4 is 10.1 Å². The molecular formula is C21H23N3O4. The Morgan fingerprint density at radius 2 is 1.50 bits per heavy atom. The summed E-state index contributed by atoms with van der Waals surface area (Å²) in [5.41, 5.74) is 1.51. The highest BCUT2D eigenvalue weighted by molar-refractivity contribution is 6.06. The third-order valence-electron chi connectivity index (χ3n) is 4.73. The van der Waals surface area contributed by atoms with E-state index in [1.165, 1.54) is 6.92 Å². The van der Waals surface area contributed by atoms with Crippen molar-refractivity contribution >= 4 is 23.4 Å². The molecule has 0 spiro atoms. The zero-order valence-electron chi connectivity index (χ0n) is 16.0. The van der Waals surface area contributed by atoms with Crippen molar-refractivity contribution in [3.05, 3.63) is 59.7 Å². The molecule has 2 aromatic carbocycles. The van der Waals surface area contributed by atoms with Gasteiger partial charge in [-0.25, -0.2) is 0 Å². The first-order valence-electron chi connectivity index (χ1n) is 9.08. The fourth-order valence-corrected chi connectivity index (χ4v) is 3.08. The van der Waals surface area contributed by atoms with Crippen molar-refractivity contribution in [3.63, 3.8) is 0 Å². The number of hydrogen-bond donors (Lipinski definition) is 1. The second-order valence-electron chi connectivity index (χ2n) is 6.56. The van der Waals surface area contributed by atoms with Crippen molar-refractivity contribution in [1.82, 2.24) is 9.80 Å². The van der Waals surface area contributed by atoms with Crippen LogP contribution in [-0.4, -0.2) is 60.8 Å². The van der Waals surface area contributed by atoms with E-state index >= 15 is 0 Å². The average molecular weight is 381 g/mol. The lowest BCUT2D eigenvalue weighted by Gasteiger charge is -2.34. The molecule has 7 heteroatoms. The van der Waals surface area contributed by atoms with Crippen LogP contribution in [0.15, 0.2) is 48.5 Å². The monoisotopic (exact) mass is 381 g/mol. The Morgan fingerprint density at radius 1 is 0.893 bits per heavy atom. The molecule has 1 aliphatic heterocycles. The number of carbonyl (C=O) groups excluding carboxylic acids is 3. The summed E-state index contributed by atoms with van der Waals surface area (Å²) in [4.78, 5) is 40.1. The van der Waals surface area contributed by atoms with Crippen LogP contribution in [0.4, 0.5) is 5.69 Å². The minimum absolute atomic E-state index is 0.0179. The zero-order valence-corrected chi connectivity index (χ0v) is 16.0. The molecule has 0 aromatic heterocycles. The summed E-state index contributed by atoms with van der Waals surface area (Å²) in [7, 11) is 1.58. The fourth-order valence-electron chi connectivity index (χ4n) is 3.08. The van der Waals surface area contributed by atoms with Crippen LogP contribution in [0.25, 0.3) is 0 Å². The fraction of sp³-hybridized carbons (Fsp3) is 0.286. The number of nitrogens with zero attached hydrogens (tertiary/aromatic N) is 2. The first-order valence-corrected chi connectivity index (χ1v) is 9.08. The van der Waals surface area contributed by atoms with Gasteiger partial charge < -0.3 is 19.9 Å². The largest absolute Gasteiger partial charge is 0.497 e. The van der Waals surface area contributed by atoms with Crippen LogP contribution in [0, 0.1) is 0 Å². The van der Waals surface area contributed by atoms with Gasteiger partial charge in [-0.2, -0.15) is 0 Å². The summed E-state index contributed by atoms with van der Waals surface area (Å²) in [6.45, 7) is 3.56. The molecule has 146 valence electrons. The normalized spacial score (nSPS) is 13.8. The van der Waals surface area contributed by atoms with Gasteiger partial charge in [0, 0.05) is 49.9 Å². The number of benzene rings is 2. The lowest BCUT2D eigenvalue weighted by Crippen LogP contribution is -2.50. The van der Waals surface area contributed by atoms with Gasteiger partial charge in [0.2, 0.25) is 5.91 Å². The summed E-state index contributed by atoms with van der Waals surface area (Å²) < 4.78 is 5.10. The minimum Gasteiger partial charge on any atom is -0.497 e. The molecule has 7 nitrogen and oxygen atoms in total. The van der Waals surface area contributed by atoms with Gasteiger partial charge in [-0.15, -0.1) is 0 Å². The second-order valence-corrected chi connectivity index (χ2v) is 6.56. The van der Waals surface area contributed by atoms with Gasteiger partial charge in [0.1, 0.15) is 5.75 Å². The Kier molecular flexibility index (Phi) is 5.93.